The molecule has 108 valence electrons. The molecule has 1 aromatic heterocycles. The first-order chi connectivity index (χ1) is 9.21. The molecule has 0 aromatic carbocycles. The average molecular weight is 267 g/mol. The highest BCUT2D eigenvalue weighted by molar-refractivity contribution is 5.05. The van der Waals surface area contributed by atoms with E-state index < -0.39 is 6.10 Å². The molecular formula is C14H25N3O2. The van der Waals surface area contributed by atoms with Crippen LogP contribution in [-0.4, -0.2) is 45.5 Å². The molecule has 0 aliphatic rings. The van der Waals surface area contributed by atoms with Gasteiger partial charge in [0.2, 0.25) is 0 Å². The van der Waals surface area contributed by atoms with Crippen LogP contribution in [0.2, 0.25) is 0 Å². The number of hydrogen-bond donors (Lipinski definition) is 3. The largest absolute Gasteiger partial charge is 0.394 e. The molecule has 2 atom stereocenters. The lowest BCUT2D eigenvalue weighted by molar-refractivity contribution is 0.0630. The summed E-state index contributed by atoms with van der Waals surface area (Å²) in [6.07, 6.45) is 6.59. The molecule has 19 heavy (non-hydrogen) atoms. The van der Waals surface area contributed by atoms with Crippen molar-refractivity contribution in [1.82, 2.24) is 15.3 Å². The Kier molecular flexibility index (Phi) is 7.55. The number of rotatable bonds is 9. The molecule has 0 aliphatic carbocycles. The van der Waals surface area contributed by atoms with Crippen molar-refractivity contribution in [2.75, 3.05) is 13.2 Å². The van der Waals surface area contributed by atoms with Gasteiger partial charge in [-0.1, -0.05) is 20.3 Å². The van der Waals surface area contributed by atoms with Crippen LogP contribution in [0.4, 0.5) is 0 Å². The summed E-state index contributed by atoms with van der Waals surface area (Å²) in [6, 6.07) is -0.189. The summed E-state index contributed by atoms with van der Waals surface area (Å²) in [5.41, 5.74) is 1.84. The van der Waals surface area contributed by atoms with Crippen molar-refractivity contribution in [2.45, 2.75) is 51.7 Å². The van der Waals surface area contributed by atoms with E-state index in [1.807, 2.05) is 6.92 Å². The van der Waals surface area contributed by atoms with Gasteiger partial charge in [0.15, 0.2) is 0 Å². The van der Waals surface area contributed by atoms with Gasteiger partial charge in [-0.25, -0.2) is 0 Å². The molecule has 3 N–H and O–H groups in total. The lowest BCUT2D eigenvalue weighted by Crippen LogP contribution is -2.43. The number of aliphatic hydroxyl groups is 2. The smallest absolute Gasteiger partial charge is 0.0927 e. The van der Waals surface area contributed by atoms with Crippen molar-refractivity contribution in [2.24, 2.45) is 0 Å². The van der Waals surface area contributed by atoms with E-state index in [2.05, 4.69) is 22.2 Å². The molecule has 0 saturated heterocycles. The van der Waals surface area contributed by atoms with Gasteiger partial charge in [-0.2, -0.15) is 0 Å². The number of likely N-dealkylation sites (N-methyl/N-ethyl adjacent to an activating group) is 1. The molecule has 0 radical (unpaired) electrons. The number of nitrogens with zero attached hydrogens (tertiary/aromatic N) is 2. The average Bonchev–Trinajstić information content (AvgIpc) is 2.45. The van der Waals surface area contributed by atoms with E-state index in [1.54, 1.807) is 12.4 Å². The Morgan fingerprint density at radius 2 is 1.89 bits per heavy atom. The third-order valence-corrected chi connectivity index (χ3v) is 3.09. The second-order valence-electron chi connectivity index (χ2n) is 4.72. The topological polar surface area (TPSA) is 78.3 Å². The molecule has 0 bridgehead atoms. The maximum absolute atomic E-state index is 9.72. The maximum Gasteiger partial charge on any atom is 0.0927 e. The second kappa shape index (κ2) is 8.96. The van der Waals surface area contributed by atoms with Crippen molar-refractivity contribution >= 4 is 0 Å². The van der Waals surface area contributed by atoms with Crippen molar-refractivity contribution in [3.8, 4) is 0 Å². The Labute approximate surface area is 115 Å². The molecule has 0 unspecified atom stereocenters. The van der Waals surface area contributed by atoms with Crippen LogP contribution in [0.1, 0.15) is 38.1 Å². The van der Waals surface area contributed by atoms with Crippen LogP contribution < -0.4 is 5.32 Å². The van der Waals surface area contributed by atoms with Crippen molar-refractivity contribution in [3.05, 3.63) is 23.8 Å². The number of aromatic nitrogens is 2. The van der Waals surface area contributed by atoms with Gasteiger partial charge in [0.1, 0.15) is 0 Å². The van der Waals surface area contributed by atoms with Gasteiger partial charge in [-0.3, -0.25) is 9.97 Å². The molecular weight excluding hydrogens is 242 g/mol. The van der Waals surface area contributed by atoms with Crippen molar-refractivity contribution in [3.63, 3.8) is 0 Å². The summed E-state index contributed by atoms with van der Waals surface area (Å²) >= 11 is 0. The van der Waals surface area contributed by atoms with E-state index in [4.69, 9.17) is 5.11 Å². The van der Waals surface area contributed by atoms with E-state index in [-0.39, 0.29) is 12.6 Å². The standard InChI is InChI=1S/C14H25N3O2/c1-3-5-6-11-8-17-12(9-16-11)7-13(15-4-2)14(19)10-18/h8-9,13-15,18-19H,3-7,10H2,1-2H3/t13-,14-/m1/s1. The molecule has 1 aromatic rings. The second-order valence-corrected chi connectivity index (χ2v) is 4.72. The van der Waals surface area contributed by atoms with E-state index in [0.29, 0.717) is 6.42 Å². The fraction of sp³-hybridized carbons (Fsp3) is 0.714. The normalized spacial score (nSPS) is 14.3. The van der Waals surface area contributed by atoms with Gasteiger partial charge in [0.25, 0.3) is 0 Å². The molecule has 0 amide bonds. The van der Waals surface area contributed by atoms with Gasteiger partial charge in [-0.15, -0.1) is 0 Å². The molecule has 0 saturated carbocycles. The van der Waals surface area contributed by atoms with Crippen LogP contribution >= 0.6 is 0 Å². The Bertz CT molecular complexity index is 343. The van der Waals surface area contributed by atoms with Crippen LogP contribution in [0.5, 0.6) is 0 Å². The van der Waals surface area contributed by atoms with Crippen LogP contribution in [0, 0.1) is 0 Å². The first-order valence-electron chi connectivity index (χ1n) is 7.03. The summed E-state index contributed by atoms with van der Waals surface area (Å²) in [5.74, 6) is 0. The zero-order valence-corrected chi connectivity index (χ0v) is 11.8. The molecule has 0 fully saturated rings. The Hall–Kier alpha value is -1.04. The van der Waals surface area contributed by atoms with E-state index in [0.717, 1.165) is 37.2 Å². The predicted octanol–water partition coefficient (Wildman–Crippen LogP) is 0.693. The Morgan fingerprint density at radius 3 is 2.42 bits per heavy atom. The van der Waals surface area contributed by atoms with Crippen molar-refractivity contribution in [1.29, 1.82) is 0 Å². The SMILES string of the molecule is CCCCc1cnc(C[C@@H](NCC)[C@H](O)CO)cn1. The van der Waals surface area contributed by atoms with E-state index in [9.17, 15) is 5.11 Å². The summed E-state index contributed by atoms with van der Waals surface area (Å²) in [5, 5.41) is 21.9. The number of unbranched alkanes of at least 4 members (excludes halogenated alkanes) is 1. The minimum atomic E-state index is -0.776. The highest BCUT2D eigenvalue weighted by Gasteiger charge is 2.18. The summed E-state index contributed by atoms with van der Waals surface area (Å²) < 4.78 is 0. The molecule has 5 heteroatoms. The van der Waals surface area contributed by atoms with Crippen LogP contribution in [0.25, 0.3) is 0 Å². The van der Waals surface area contributed by atoms with Gasteiger partial charge < -0.3 is 15.5 Å². The van der Waals surface area contributed by atoms with Gasteiger partial charge in [0, 0.05) is 24.9 Å². The highest BCUT2D eigenvalue weighted by Crippen LogP contribution is 2.05. The van der Waals surface area contributed by atoms with Gasteiger partial charge in [-0.05, 0) is 19.4 Å². The van der Waals surface area contributed by atoms with Crippen molar-refractivity contribution < 1.29 is 10.2 Å². The number of aliphatic hydroxyl groups excluding tert-OH is 2. The minimum absolute atomic E-state index is 0.189. The Balaban J connectivity index is 2.58. The first kappa shape index (κ1) is 16.0. The molecule has 0 aliphatic heterocycles. The van der Waals surface area contributed by atoms with E-state index in [1.165, 1.54) is 0 Å². The number of aryl methyl sites for hydroxylation is 1. The first-order valence-corrected chi connectivity index (χ1v) is 7.03. The third-order valence-electron chi connectivity index (χ3n) is 3.09. The minimum Gasteiger partial charge on any atom is -0.394 e. The summed E-state index contributed by atoms with van der Waals surface area (Å²) in [4.78, 5) is 8.76. The van der Waals surface area contributed by atoms with Crippen LogP contribution in [-0.2, 0) is 12.8 Å². The van der Waals surface area contributed by atoms with Gasteiger partial charge >= 0.3 is 0 Å². The molecule has 1 rings (SSSR count). The fourth-order valence-electron chi connectivity index (χ4n) is 1.93. The van der Waals surface area contributed by atoms with Crippen LogP contribution in [0.15, 0.2) is 12.4 Å². The Morgan fingerprint density at radius 1 is 1.21 bits per heavy atom. The van der Waals surface area contributed by atoms with Crippen LogP contribution in [0.3, 0.4) is 0 Å². The maximum atomic E-state index is 9.72. The zero-order chi connectivity index (χ0) is 14.1. The molecule has 5 nitrogen and oxygen atoms in total. The fourth-order valence-corrected chi connectivity index (χ4v) is 1.93. The summed E-state index contributed by atoms with van der Waals surface area (Å²) in [7, 11) is 0. The highest BCUT2D eigenvalue weighted by atomic mass is 16.3. The summed E-state index contributed by atoms with van der Waals surface area (Å²) in [6.45, 7) is 4.61. The van der Waals surface area contributed by atoms with E-state index >= 15 is 0 Å². The quantitative estimate of drug-likeness (QED) is 0.613. The van der Waals surface area contributed by atoms with Gasteiger partial charge in [0.05, 0.1) is 24.1 Å². The lowest BCUT2D eigenvalue weighted by atomic mass is 10.1. The predicted molar refractivity (Wildman–Crippen MR) is 74.9 cm³/mol. The monoisotopic (exact) mass is 267 g/mol. The zero-order valence-electron chi connectivity index (χ0n) is 11.8. The number of hydrogen-bond acceptors (Lipinski definition) is 5. The molecule has 0 spiro atoms. The lowest BCUT2D eigenvalue weighted by Gasteiger charge is -2.21. The third kappa shape index (κ3) is 5.63. The molecule has 1 heterocycles. The number of nitrogens with one attached hydrogen (secondary N) is 1.